The van der Waals surface area contributed by atoms with Crippen molar-refractivity contribution in [1.82, 2.24) is 9.97 Å². The Balaban J connectivity index is 1.99. The van der Waals surface area contributed by atoms with Crippen LogP contribution in [0.5, 0.6) is 0 Å². The Morgan fingerprint density at radius 1 is 1.18 bits per heavy atom. The van der Waals surface area contributed by atoms with Crippen molar-refractivity contribution in [2.45, 2.75) is 13.1 Å². The van der Waals surface area contributed by atoms with Gasteiger partial charge < -0.3 is 11.1 Å². The second-order valence-corrected chi connectivity index (χ2v) is 3.98. The molecule has 0 saturated heterocycles. The van der Waals surface area contributed by atoms with Gasteiger partial charge in [-0.25, -0.2) is 9.97 Å². The van der Waals surface area contributed by atoms with Crippen LogP contribution < -0.4 is 11.1 Å². The summed E-state index contributed by atoms with van der Waals surface area (Å²) in [5.74, 6) is 1.40. The third-order valence-corrected chi connectivity index (χ3v) is 2.53. The SMILES string of the molecule is NCc1nccc(NCc2ccc(Cl)cc2)n1. The first-order valence-corrected chi connectivity index (χ1v) is 5.66. The van der Waals surface area contributed by atoms with Gasteiger partial charge in [0.25, 0.3) is 0 Å². The fraction of sp³-hybridized carbons (Fsp3) is 0.167. The average molecular weight is 249 g/mol. The highest BCUT2D eigenvalue weighted by molar-refractivity contribution is 6.30. The number of rotatable bonds is 4. The fourth-order valence-corrected chi connectivity index (χ4v) is 1.52. The third-order valence-electron chi connectivity index (χ3n) is 2.27. The first kappa shape index (κ1) is 11.8. The van der Waals surface area contributed by atoms with Crippen molar-refractivity contribution in [2.75, 3.05) is 5.32 Å². The molecule has 2 aromatic rings. The van der Waals surface area contributed by atoms with Crippen molar-refractivity contribution >= 4 is 17.4 Å². The molecule has 3 N–H and O–H groups in total. The Kier molecular flexibility index (Phi) is 3.90. The molecule has 0 fully saturated rings. The van der Waals surface area contributed by atoms with E-state index in [-0.39, 0.29) is 0 Å². The number of halogens is 1. The number of hydrogen-bond acceptors (Lipinski definition) is 4. The van der Waals surface area contributed by atoms with E-state index in [0.717, 1.165) is 16.4 Å². The number of aromatic nitrogens is 2. The summed E-state index contributed by atoms with van der Waals surface area (Å²) < 4.78 is 0. The van der Waals surface area contributed by atoms with Crippen LogP contribution in [-0.4, -0.2) is 9.97 Å². The maximum atomic E-state index is 5.81. The van der Waals surface area contributed by atoms with Gasteiger partial charge >= 0.3 is 0 Å². The summed E-state index contributed by atoms with van der Waals surface area (Å²) in [6.07, 6.45) is 1.69. The Morgan fingerprint density at radius 3 is 2.65 bits per heavy atom. The summed E-state index contributed by atoms with van der Waals surface area (Å²) in [5.41, 5.74) is 6.62. The molecule has 2 rings (SSSR count). The van der Waals surface area contributed by atoms with Crippen molar-refractivity contribution < 1.29 is 0 Å². The minimum absolute atomic E-state index is 0.344. The molecule has 88 valence electrons. The van der Waals surface area contributed by atoms with Crippen molar-refractivity contribution in [3.8, 4) is 0 Å². The van der Waals surface area contributed by atoms with Crippen LogP contribution in [0.25, 0.3) is 0 Å². The summed E-state index contributed by atoms with van der Waals surface area (Å²) in [7, 11) is 0. The standard InChI is InChI=1S/C12H13ClN4/c13-10-3-1-9(2-4-10)8-16-11-5-6-15-12(7-14)17-11/h1-6H,7-8,14H2,(H,15,16,17). The van der Waals surface area contributed by atoms with E-state index < -0.39 is 0 Å². The van der Waals surface area contributed by atoms with Gasteiger partial charge in [0.05, 0.1) is 6.54 Å². The lowest BCUT2D eigenvalue weighted by Crippen LogP contribution is -2.06. The van der Waals surface area contributed by atoms with Crippen molar-refractivity contribution in [1.29, 1.82) is 0 Å². The molecule has 0 atom stereocenters. The van der Waals surface area contributed by atoms with Gasteiger partial charge in [0.2, 0.25) is 0 Å². The number of nitrogens with one attached hydrogen (secondary N) is 1. The van der Waals surface area contributed by atoms with Crippen LogP contribution >= 0.6 is 11.6 Å². The number of hydrogen-bond donors (Lipinski definition) is 2. The molecule has 4 nitrogen and oxygen atoms in total. The van der Waals surface area contributed by atoms with E-state index >= 15 is 0 Å². The number of nitrogens with zero attached hydrogens (tertiary/aromatic N) is 2. The lowest BCUT2D eigenvalue weighted by atomic mass is 10.2. The minimum atomic E-state index is 0.344. The molecule has 5 heteroatoms. The summed E-state index contributed by atoms with van der Waals surface area (Å²) in [4.78, 5) is 8.28. The first-order chi connectivity index (χ1) is 8.28. The highest BCUT2D eigenvalue weighted by Crippen LogP contribution is 2.11. The molecule has 17 heavy (non-hydrogen) atoms. The highest BCUT2D eigenvalue weighted by atomic mass is 35.5. The van der Waals surface area contributed by atoms with Gasteiger partial charge in [-0.3, -0.25) is 0 Å². The molecule has 0 unspecified atom stereocenters. The third kappa shape index (κ3) is 3.41. The highest BCUT2D eigenvalue weighted by Gasteiger charge is 1.97. The van der Waals surface area contributed by atoms with Gasteiger partial charge in [0.15, 0.2) is 0 Å². The predicted molar refractivity (Wildman–Crippen MR) is 68.7 cm³/mol. The Morgan fingerprint density at radius 2 is 1.94 bits per heavy atom. The molecule has 1 aromatic carbocycles. The van der Waals surface area contributed by atoms with Crippen LogP contribution in [0.2, 0.25) is 5.02 Å². The number of benzene rings is 1. The largest absolute Gasteiger partial charge is 0.366 e. The quantitative estimate of drug-likeness (QED) is 0.871. The van der Waals surface area contributed by atoms with Gasteiger partial charge in [-0.2, -0.15) is 0 Å². The van der Waals surface area contributed by atoms with Gasteiger partial charge in [-0.05, 0) is 23.8 Å². The van der Waals surface area contributed by atoms with E-state index in [1.807, 2.05) is 30.3 Å². The minimum Gasteiger partial charge on any atom is -0.366 e. The number of anilines is 1. The van der Waals surface area contributed by atoms with Gasteiger partial charge in [-0.15, -0.1) is 0 Å². The monoisotopic (exact) mass is 248 g/mol. The van der Waals surface area contributed by atoms with Crippen LogP contribution in [0.4, 0.5) is 5.82 Å². The Hall–Kier alpha value is -1.65. The summed E-state index contributed by atoms with van der Waals surface area (Å²) in [6, 6.07) is 9.49. The van der Waals surface area contributed by atoms with Crippen LogP contribution in [0.1, 0.15) is 11.4 Å². The molecule has 1 aromatic heterocycles. The van der Waals surface area contributed by atoms with Crippen LogP contribution in [0.15, 0.2) is 36.5 Å². The Labute approximate surface area is 105 Å². The van der Waals surface area contributed by atoms with Crippen LogP contribution in [-0.2, 0) is 13.1 Å². The van der Waals surface area contributed by atoms with E-state index in [1.165, 1.54) is 0 Å². The maximum Gasteiger partial charge on any atom is 0.144 e. The summed E-state index contributed by atoms with van der Waals surface area (Å²) in [6.45, 7) is 1.04. The zero-order valence-electron chi connectivity index (χ0n) is 9.23. The zero-order valence-corrected chi connectivity index (χ0v) is 9.98. The van der Waals surface area contributed by atoms with Crippen molar-refractivity contribution in [3.05, 3.63) is 52.9 Å². The second kappa shape index (κ2) is 5.61. The predicted octanol–water partition coefficient (Wildman–Crippen LogP) is 2.20. The maximum absolute atomic E-state index is 5.81. The normalized spacial score (nSPS) is 10.2. The van der Waals surface area contributed by atoms with E-state index in [2.05, 4.69) is 15.3 Å². The van der Waals surface area contributed by atoms with E-state index in [4.69, 9.17) is 17.3 Å². The average Bonchev–Trinajstić information content (AvgIpc) is 2.38. The van der Waals surface area contributed by atoms with Crippen LogP contribution in [0, 0.1) is 0 Å². The molecule has 0 aliphatic carbocycles. The van der Waals surface area contributed by atoms with E-state index in [1.54, 1.807) is 6.20 Å². The van der Waals surface area contributed by atoms with E-state index in [0.29, 0.717) is 18.9 Å². The lowest BCUT2D eigenvalue weighted by molar-refractivity contribution is 0.904. The zero-order chi connectivity index (χ0) is 12.1. The molecule has 0 saturated carbocycles. The molecule has 0 amide bonds. The van der Waals surface area contributed by atoms with E-state index in [9.17, 15) is 0 Å². The fourth-order valence-electron chi connectivity index (χ4n) is 1.39. The van der Waals surface area contributed by atoms with Crippen molar-refractivity contribution in [2.24, 2.45) is 5.73 Å². The summed E-state index contributed by atoms with van der Waals surface area (Å²) >= 11 is 5.81. The van der Waals surface area contributed by atoms with Gasteiger partial charge in [0.1, 0.15) is 11.6 Å². The molecule has 0 aliphatic heterocycles. The van der Waals surface area contributed by atoms with Crippen molar-refractivity contribution in [3.63, 3.8) is 0 Å². The molecule has 0 aliphatic rings. The topological polar surface area (TPSA) is 63.8 Å². The molecule has 0 spiro atoms. The number of nitrogens with two attached hydrogens (primary N) is 1. The molecule has 1 heterocycles. The lowest BCUT2D eigenvalue weighted by Gasteiger charge is -2.06. The Bertz CT molecular complexity index is 484. The smallest absolute Gasteiger partial charge is 0.144 e. The molecule has 0 bridgehead atoms. The van der Waals surface area contributed by atoms with Crippen LogP contribution in [0.3, 0.4) is 0 Å². The summed E-state index contributed by atoms with van der Waals surface area (Å²) in [5, 5.41) is 3.94. The molecule has 0 radical (unpaired) electrons. The van der Waals surface area contributed by atoms with Gasteiger partial charge in [-0.1, -0.05) is 23.7 Å². The first-order valence-electron chi connectivity index (χ1n) is 5.28. The van der Waals surface area contributed by atoms with Gasteiger partial charge in [0, 0.05) is 17.8 Å². The molecular formula is C12H13ClN4. The second-order valence-electron chi connectivity index (χ2n) is 3.54. The molecular weight excluding hydrogens is 236 g/mol.